The van der Waals surface area contributed by atoms with Gasteiger partial charge < -0.3 is 9.47 Å². The molecule has 5 rings (SSSR count). The van der Waals surface area contributed by atoms with Crippen molar-refractivity contribution in [1.82, 2.24) is 24.6 Å². The van der Waals surface area contributed by atoms with E-state index in [2.05, 4.69) is 24.6 Å². The van der Waals surface area contributed by atoms with Gasteiger partial charge in [-0.3, -0.25) is 4.98 Å². The summed E-state index contributed by atoms with van der Waals surface area (Å²) in [7, 11) is 2.03. The zero-order valence-electron chi connectivity index (χ0n) is 17.7. The van der Waals surface area contributed by atoms with Crippen molar-refractivity contribution in [3.63, 3.8) is 0 Å². The average molecular weight is 444 g/mol. The predicted molar refractivity (Wildman–Crippen MR) is 119 cm³/mol. The largest absolute Gasteiger partial charge is 0.305 e. The van der Waals surface area contributed by atoms with Crippen molar-refractivity contribution >= 4 is 11.8 Å². The van der Waals surface area contributed by atoms with Gasteiger partial charge in [0.25, 0.3) is 0 Å². The summed E-state index contributed by atoms with van der Waals surface area (Å²) in [5.74, 6) is 0.911. The normalized spacial score (nSPS) is 16.9. The monoisotopic (exact) mass is 443 g/mol. The maximum atomic E-state index is 11.9. The molecule has 2 fully saturated rings. The minimum Gasteiger partial charge on any atom is -0.305 e. The van der Waals surface area contributed by atoms with E-state index in [0.717, 1.165) is 33.8 Å². The molecule has 31 heavy (non-hydrogen) atoms. The number of nitrogens with zero attached hydrogens (tertiary/aromatic N) is 5. The lowest BCUT2D eigenvalue weighted by Gasteiger charge is -2.15. The van der Waals surface area contributed by atoms with Gasteiger partial charge in [-0.15, -0.1) is 10.2 Å². The minimum atomic E-state index is -0.537. The molecule has 0 N–H and O–H groups in total. The van der Waals surface area contributed by atoms with Gasteiger partial charge in [-0.25, -0.2) is 8.78 Å². The van der Waals surface area contributed by atoms with Gasteiger partial charge in [-0.2, -0.15) is 0 Å². The van der Waals surface area contributed by atoms with E-state index < -0.39 is 11.6 Å². The van der Waals surface area contributed by atoms with Crippen molar-refractivity contribution in [1.29, 1.82) is 0 Å². The lowest BCUT2D eigenvalue weighted by molar-refractivity contribution is 0.321. The minimum absolute atomic E-state index is 0.537. The lowest BCUT2D eigenvalue weighted by Crippen LogP contribution is -2.22. The summed E-state index contributed by atoms with van der Waals surface area (Å²) in [6.07, 6.45) is 9.19. The summed E-state index contributed by atoms with van der Waals surface area (Å²) in [6, 6.07) is 8.50. The van der Waals surface area contributed by atoms with Crippen LogP contribution < -0.4 is 0 Å². The first-order chi connectivity index (χ1) is 15.0. The fourth-order valence-corrected chi connectivity index (χ4v) is 4.74. The van der Waals surface area contributed by atoms with Crippen molar-refractivity contribution in [3.8, 4) is 11.4 Å². The highest BCUT2D eigenvalue weighted by atomic mass is 32.2. The van der Waals surface area contributed by atoms with E-state index in [1.165, 1.54) is 63.5 Å². The fourth-order valence-electron chi connectivity index (χ4n) is 3.90. The first-order valence-electron chi connectivity index (χ1n) is 10.6. The molecule has 2 aromatic heterocycles. The number of benzene rings is 1. The third-order valence-corrected chi connectivity index (χ3v) is 6.97. The number of pyridine rings is 1. The number of halogens is 2. The molecule has 1 saturated heterocycles. The van der Waals surface area contributed by atoms with Gasteiger partial charge in [0.05, 0.1) is 0 Å². The Balaban J connectivity index is 0.000000245. The fraction of sp³-hybridized carbons (Fsp3) is 0.435. The molecular formula is C23H27F2N5S. The van der Waals surface area contributed by atoms with E-state index in [1.807, 2.05) is 25.4 Å². The predicted octanol–water partition coefficient (Wildman–Crippen LogP) is 4.81. The number of aromatic nitrogens is 4. The van der Waals surface area contributed by atoms with Crippen LogP contribution >= 0.6 is 11.8 Å². The molecular weight excluding hydrogens is 416 g/mol. The average Bonchev–Trinajstić information content (AvgIpc) is 3.25. The van der Waals surface area contributed by atoms with Crippen molar-refractivity contribution in [2.24, 2.45) is 12.5 Å². The number of thioether (sulfide) groups is 1. The Labute approximate surface area is 185 Å². The third-order valence-electron chi connectivity index (χ3n) is 5.87. The van der Waals surface area contributed by atoms with Crippen LogP contribution in [0, 0.1) is 17.0 Å². The van der Waals surface area contributed by atoms with Crippen LogP contribution in [0.2, 0.25) is 0 Å². The van der Waals surface area contributed by atoms with Crippen molar-refractivity contribution in [2.75, 3.05) is 25.4 Å². The lowest BCUT2D eigenvalue weighted by atomic mass is 10.1. The standard InChI is InChI=1S/C17H23N5S.C6H4F2/c1-21-15(14-4-2-8-18-12-14)19-20-16(21)23-11-3-9-22-10-7-17(13-22)5-6-17;7-5-2-1-3-6(8)4-5/h2,4,8,12H,3,5-7,9-11,13H2,1H3;1-4H. The summed E-state index contributed by atoms with van der Waals surface area (Å²) < 4.78 is 25.9. The highest BCUT2D eigenvalue weighted by Gasteiger charge is 2.47. The van der Waals surface area contributed by atoms with E-state index in [-0.39, 0.29) is 0 Å². The molecule has 0 unspecified atom stereocenters. The molecule has 164 valence electrons. The maximum absolute atomic E-state index is 11.9. The summed E-state index contributed by atoms with van der Waals surface area (Å²) in [6.45, 7) is 3.87. The molecule has 8 heteroatoms. The smallest absolute Gasteiger partial charge is 0.191 e. The van der Waals surface area contributed by atoms with Crippen molar-refractivity contribution < 1.29 is 8.78 Å². The number of likely N-dealkylation sites (tertiary alicyclic amines) is 1. The number of hydrogen-bond donors (Lipinski definition) is 0. The molecule has 1 aromatic carbocycles. The van der Waals surface area contributed by atoms with Crippen LogP contribution in [-0.4, -0.2) is 50.0 Å². The Kier molecular flexibility index (Phi) is 6.97. The number of rotatable bonds is 6. The molecule has 1 aliphatic heterocycles. The summed E-state index contributed by atoms with van der Waals surface area (Å²) in [5.41, 5.74) is 1.76. The Hall–Kier alpha value is -2.32. The second kappa shape index (κ2) is 9.87. The first kappa shape index (κ1) is 21.9. The van der Waals surface area contributed by atoms with Gasteiger partial charge in [-0.1, -0.05) is 17.8 Å². The van der Waals surface area contributed by atoms with E-state index >= 15 is 0 Å². The van der Waals surface area contributed by atoms with Gasteiger partial charge in [0, 0.05) is 43.4 Å². The van der Waals surface area contributed by atoms with E-state index in [1.54, 1.807) is 18.0 Å². The molecule has 0 amide bonds. The third kappa shape index (κ3) is 5.89. The summed E-state index contributed by atoms with van der Waals surface area (Å²) in [5, 5.41) is 9.63. The van der Waals surface area contributed by atoms with Crippen LogP contribution in [0.25, 0.3) is 11.4 Å². The zero-order chi connectivity index (χ0) is 21.7. The summed E-state index contributed by atoms with van der Waals surface area (Å²) in [4.78, 5) is 6.80. The van der Waals surface area contributed by atoms with Gasteiger partial charge in [0.15, 0.2) is 11.0 Å². The zero-order valence-corrected chi connectivity index (χ0v) is 18.5. The van der Waals surface area contributed by atoms with Gasteiger partial charge in [-0.05, 0) is 68.5 Å². The van der Waals surface area contributed by atoms with Crippen LogP contribution in [0.4, 0.5) is 8.78 Å². The first-order valence-corrected chi connectivity index (χ1v) is 11.6. The maximum Gasteiger partial charge on any atom is 0.191 e. The molecule has 5 nitrogen and oxygen atoms in total. The second-order valence-electron chi connectivity index (χ2n) is 8.27. The molecule has 1 aliphatic carbocycles. The van der Waals surface area contributed by atoms with Crippen LogP contribution in [0.1, 0.15) is 25.7 Å². The molecule has 0 atom stereocenters. The second-order valence-corrected chi connectivity index (χ2v) is 9.34. The van der Waals surface area contributed by atoms with E-state index in [9.17, 15) is 8.78 Å². The summed E-state index contributed by atoms with van der Waals surface area (Å²) >= 11 is 1.80. The molecule has 0 bridgehead atoms. The Morgan fingerprint density at radius 2 is 1.87 bits per heavy atom. The van der Waals surface area contributed by atoms with Gasteiger partial charge >= 0.3 is 0 Å². The van der Waals surface area contributed by atoms with E-state index in [4.69, 9.17) is 0 Å². The van der Waals surface area contributed by atoms with Crippen LogP contribution in [0.3, 0.4) is 0 Å². The van der Waals surface area contributed by atoms with E-state index in [0.29, 0.717) is 0 Å². The van der Waals surface area contributed by atoms with Gasteiger partial charge in [0.1, 0.15) is 11.6 Å². The van der Waals surface area contributed by atoms with Crippen molar-refractivity contribution in [2.45, 2.75) is 30.8 Å². The molecule has 2 aliphatic rings. The topological polar surface area (TPSA) is 46.8 Å². The highest BCUT2D eigenvalue weighted by Crippen LogP contribution is 2.52. The Morgan fingerprint density at radius 3 is 2.48 bits per heavy atom. The van der Waals surface area contributed by atoms with Gasteiger partial charge in [0.2, 0.25) is 0 Å². The molecule has 3 aromatic rings. The Bertz CT molecular complexity index is 973. The Morgan fingerprint density at radius 1 is 1.06 bits per heavy atom. The SMILES string of the molecule is Cn1c(SCCCN2CCC3(CC3)C2)nnc1-c1cccnc1.Fc1cccc(F)c1. The molecule has 0 radical (unpaired) electrons. The van der Waals surface area contributed by atoms with Crippen LogP contribution in [-0.2, 0) is 7.05 Å². The number of hydrogen-bond acceptors (Lipinski definition) is 5. The molecule has 1 saturated carbocycles. The quantitative estimate of drug-likeness (QED) is 0.404. The highest BCUT2D eigenvalue weighted by molar-refractivity contribution is 7.99. The molecule has 3 heterocycles. The van der Waals surface area contributed by atoms with Crippen LogP contribution in [0.5, 0.6) is 0 Å². The molecule has 1 spiro atoms. The van der Waals surface area contributed by atoms with Crippen LogP contribution in [0.15, 0.2) is 53.9 Å². The van der Waals surface area contributed by atoms with Crippen molar-refractivity contribution in [3.05, 3.63) is 60.4 Å².